The molecule has 0 saturated carbocycles. The Morgan fingerprint density at radius 2 is 1.63 bits per heavy atom. The number of benzene rings is 1. The maximum absolute atomic E-state index is 11.8. The van der Waals surface area contributed by atoms with Gasteiger partial charge in [-0.2, -0.15) is 13.2 Å². The Bertz CT molecular complexity index is 675. The minimum atomic E-state index is -4.40. The number of halogens is 7. The van der Waals surface area contributed by atoms with Crippen molar-refractivity contribution < 1.29 is 32.2 Å². The van der Waals surface area contributed by atoms with E-state index in [1.165, 1.54) is 6.08 Å². The second kappa shape index (κ2) is 14.9. The SMILES string of the molecule is FC(F)(F)CO/N=C/COCCCCCOc1c(Cl)cc(OCC=C(Cl)Cl)cc1Cl. The van der Waals surface area contributed by atoms with Crippen LogP contribution in [-0.4, -0.2) is 45.4 Å². The van der Waals surface area contributed by atoms with Crippen LogP contribution in [0.5, 0.6) is 11.5 Å². The summed E-state index contributed by atoms with van der Waals surface area (Å²) in [5.74, 6) is 0.815. The smallest absolute Gasteiger partial charge is 0.425 e. The summed E-state index contributed by atoms with van der Waals surface area (Å²) < 4.78 is 51.7. The number of rotatable bonds is 14. The van der Waals surface area contributed by atoms with Gasteiger partial charge in [-0.15, -0.1) is 0 Å². The predicted molar refractivity (Wildman–Crippen MR) is 112 cm³/mol. The van der Waals surface area contributed by atoms with Crippen molar-refractivity contribution >= 4 is 52.6 Å². The number of ether oxygens (including phenoxy) is 3. The van der Waals surface area contributed by atoms with Crippen LogP contribution >= 0.6 is 46.4 Å². The first-order valence-corrected chi connectivity index (χ1v) is 10.2. The predicted octanol–water partition coefficient (Wildman–Crippen LogP) is 6.82. The number of oxime groups is 1. The van der Waals surface area contributed by atoms with Gasteiger partial charge in [0, 0.05) is 18.7 Å². The van der Waals surface area contributed by atoms with Crippen molar-refractivity contribution in [3.63, 3.8) is 0 Å². The highest BCUT2D eigenvalue weighted by molar-refractivity contribution is 6.55. The van der Waals surface area contributed by atoms with E-state index < -0.39 is 12.8 Å². The van der Waals surface area contributed by atoms with E-state index in [4.69, 9.17) is 60.6 Å². The van der Waals surface area contributed by atoms with Crippen molar-refractivity contribution in [2.75, 3.05) is 33.0 Å². The Hall–Kier alpha value is -1.06. The fourth-order valence-electron chi connectivity index (χ4n) is 1.95. The highest BCUT2D eigenvalue weighted by Crippen LogP contribution is 2.37. The number of nitrogens with zero attached hydrogens (tertiary/aromatic N) is 1. The zero-order chi connectivity index (χ0) is 22.4. The van der Waals surface area contributed by atoms with Gasteiger partial charge in [-0.05, 0) is 25.3 Å². The molecule has 0 unspecified atom stereocenters. The molecule has 12 heteroatoms. The van der Waals surface area contributed by atoms with E-state index in [0.717, 1.165) is 25.5 Å². The van der Waals surface area contributed by atoms with E-state index in [-0.39, 0.29) is 17.7 Å². The zero-order valence-electron chi connectivity index (χ0n) is 15.7. The van der Waals surface area contributed by atoms with Gasteiger partial charge in [-0.25, -0.2) is 0 Å². The molecule has 0 saturated heterocycles. The van der Waals surface area contributed by atoms with Crippen LogP contribution in [-0.2, 0) is 9.57 Å². The molecule has 0 atom stereocenters. The highest BCUT2D eigenvalue weighted by Gasteiger charge is 2.28. The van der Waals surface area contributed by atoms with Crippen LogP contribution in [0.3, 0.4) is 0 Å². The summed E-state index contributed by atoms with van der Waals surface area (Å²) in [6.45, 7) is -0.352. The minimum absolute atomic E-state index is 0.0703. The standard InChI is InChI=1S/C18H20Cl4F3NO4/c19-14-10-13(28-8-4-16(21)22)11-15(20)17(14)29-7-3-1-2-6-27-9-5-26-30-12-18(23,24)25/h4-5,10-11H,1-3,6-9,12H2/b26-5+. The molecule has 0 aliphatic heterocycles. The van der Waals surface area contributed by atoms with E-state index in [1.807, 2.05) is 0 Å². The Labute approximate surface area is 192 Å². The van der Waals surface area contributed by atoms with Gasteiger partial charge in [0.15, 0.2) is 5.75 Å². The van der Waals surface area contributed by atoms with Gasteiger partial charge in [0.1, 0.15) is 16.8 Å². The molecule has 1 rings (SSSR count). The summed E-state index contributed by atoms with van der Waals surface area (Å²) in [6.07, 6.45) is 0.493. The molecule has 170 valence electrons. The molecule has 0 amide bonds. The average Bonchev–Trinajstić information content (AvgIpc) is 2.63. The van der Waals surface area contributed by atoms with Crippen molar-refractivity contribution in [1.82, 2.24) is 0 Å². The van der Waals surface area contributed by atoms with Crippen LogP contribution < -0.4 is 9.47 Å². The summed E-state index contributed by atoms with van der Waals surface area (Å²) >= 11 is 23.4. The summed E-state index contributed by atoms with van der Waals surface area (Å²) in [5.41, 5.74) is 0. The topological polar surface area (TPSA) is 49.3 Å². The third-order valence-electron chi connectivity index (χ3n) is 3.21. The molecule has 1 aromatic carbocycles. The molecule has 0 aliphatic carbocycles. The Morgan fingerprint density at radius 1 is 0.967 bits per heavy atom. The van der Waals surface area contributed by atoms with E-state index >= 15 is 0 Å². The molecular weight excluding hydrogens is 493 g/mol. The largest absolute Gasteiger partial charge is 0.490 e. The van der Waals surface area contributed by atoms with Gasteiger partial charge in [0.25, 0.3) is 0 Å². The molecule has 30 heavy (non-hydrogen) atoms. The van der Waals surface area contributed by atoms with Crippen molar-refractivity contribution in [3.8, 4) is 11.5 Å². The number of alkyl halides is 3. The lowest BCUT2D eigenvalue weighted by Gasteiger charge is -2.12. The molecule has 0 spiro atoms. The van der Waals surface area contributed by atoms with Crippen LogP contribution in [0.1, 0.15) is 19.3 Å². The molecule has 1 aromatic rings. The molecule has 0 heterocycles. The number of hydrogen-bond donors (Lipinski definition) is 0. The van der Waals surface area contributed by atoms with Crippen LogP contribution in [0.2, 0.25) is 10.0 Å². The Balaban J connectivity index is 2.16. The lowest BCUT2D eigenvalue weighted by molar-refractivity contribution is -0.173. The van der Waals surface area contributed by atoms with E-state index in [1.54, 1.807) is 12.1 Å². The van der Waals surface area contributed by atoms with Crippen molar-refractivity contribution in [3.05, 3.63) is 32.7 Å². The van der Waals surface area contributed by atoms with Crippen molar-refractivity contribution in [2.45, 2.75) is 25.4 Å². The van der Waals surface area contributed by atoms with Crippen LogP contribution in [0.25, 0.3) is 0 Å². The van der Waals surface area contributed by atoms with Gasteiger partial charge in [-0.3, -0.25) is 0 Å². The van der Waals surface area contributed by atoms with Gasteiger partial charge in [-0.1, -0.05) is 51.6 Å². The van der Waals surface area contributed by atoms with Gasteiger partial charge >= 0.3 is 6.18 Å². The molecule has 0 bridgehead atoms. The van der Waals surface area contributed by atoms with E-state index in [0.29, 0.717) is 34.8 Å². The summed E-state index contributed by atoms with van der Waals surface area (Å²) in [5, 5.41) is 3.77. The first-order chi connectivity index (χ1) is 14.2. The molecule has 5 nitrogen and oxygen atoms in total. The summed E-state index contributed by atoms with van der Waals surface area (Å²) in [6, 6.07) is 3.15. The minimum Gasteiger partial charge on any atom is -0.490 e. The lowest BCUT2D eigenvalue weighted by Crippen LogP contribution is -2.15. The fraction of sp³-hybridized carbons (Fsp3) is 0.500. The number of unbranched alkanes of at least 4 members (excludes halogenated alkanes) is 2. The van der Waals surface area contributed by atoms with Gasteiger partial charge in [0.05, 0.1) is 29.5 Å². The monoisotopic (exact) mass is 511 g/mol. The Kier molecular flexibility index (Phi) is 13.4. The zero-order valence-corrected chi connectivity index (χ0v) is 18.7. The van der Waals surface area contributed by atoms with Crippen molar-refractivity contribution in [1.29, 1.82) is 0 Å². The third-order valence-corrected chi connectivity index (χ3v) is 4.08. The molecule has 0 aromatic heterocycles. The van der Waals surface area contributed by atoms with Crippen LogP contribution in [0, 0.1) is 0 Å². The maximum Gasteiger partial charge on any atom is 0.425 e. The Morgan fingerprint density at radius 3 is 2.27 bits per heavy atom. The third kappa shape index (κ3) is 13.3. The normalized spacial score (nSPS) is 11.6. The molecule has 0 fully saturated rings. The summed E-state index contributed by atoms with van der Waals surface area (Å²) in [4.78, 5) is 4.06. The van der Waals surface area contributed by atoms with Gasteiger partial charge in [0.2, 0.25) is 6.61 Å². The van der Waals surface area contributed by atoms with E-state index in [2.05, 4.69) is 9.99 Å². The second-order valence-electron chi connectivity index (χ2n) is 5.68. The summed E-state index contributed by atoms with van der Waals surface area (Å²) in [7, 11) is 0. The first-order valence-electron chi connectivity index (χ1n) is 8.73. The molecule has 0 N–H and O–H groups in total. The number of hydrogen-bond acceptors (Lipinski definition) is 5. The van der Waals surface area contributed by atoms with Crippen LogP contribution in [0.15, 0.2) is 27.9 Å². The maximum atomic E-state index is 11.8. The van der Waals surface area contributed by atoms with E-state index in [9.17, 15) is 13.2 Å². The molecule has 0 radical (unpaired) electrons. The second-order valence-corrected chi connectivity index (χ2v) is 7.50. The first kappa shape index (κ1) is 27.0. The quantitative estimate of drug-likeness (QED) is 0.156. The lowest BCUT2D eigenvalue weighted by atomic mass is 10.2. The average molecular weight is 513 g/mol. The molecule has 0 aliphatic rings. The fourth-order valence-corrected chi connectivity index (χ4v) is 2.65. The highest BCUT2D eigenvalue weighted by atomic mass is 35.5. The van der Waals surface area contributed by atoms with Crippen molar-refractivity contribution in [2.24, 2.45) is 5.16 Å². The molecular formula is C18H20Cl4F3NO4. The van der Waals surface area contributed by atoms with Gasteiger partial charge < -0.3 is 19.0 Å². The van der Waals surface area contributed by atoms with Crippen LogP contribution in [0.4, 0.5) is 13.2 Å².